The molecule has 33 heavy (non-hydrogen) atoms. The Hall–Kier alpha value is -3.86. The molecule has 4 rings (SSSR count). The van der Waals surface area contributed by atoms with Crippen LogP contribution in [0.4, 0.5) is 11.4 Å². The molecule has 166 valence electrons. The van der Waals surface area contributed by atoms with Crippen LogP contribution >= 0.6 is 23.7 Å². The number of rotatable bonds is 6. The van der Waals surface area contributed by atoms with Crippen LogP contribution in [0.2, 0.25) is 0 Å². The molecule has 0 aliphatic heterocycles. The van der Waals surface area contributed by atoms with Crippen molar-refractivity contribution in [3.05, 3.63) is 100 Å². The molecular weight excluding hydrogens is 456 g/mol. The van der Waals surface area contributed by atoms with Crippen molar-refractivity contribution in [3.63, 3.8) is 0 Å². The van der Waals surface area contributed by atoms with Crippen molar-refractivity contribution < 1.29 is 9.53 Å². The van der Waals surface area contributed by atoms with Crippen molar-refractivity contribution in [2.24, 2.45) is 12.0 Å². The fourth-order valence-electron chi connectivity index (χ4n) is 2.98. The first-order chi connectivity index (χ1) is 15.6. The summed E-state index contributed by atoms with van der Waals surface area (Å²) < 4.78 is 7.73. The minimum absolute atomic E-state index is 0. The number of hydrogen-bond acceptors (Lipinski definition) is 5. The number of benzene rings is 3. The number of amides is 1. The summed E-state index contributed by atoms with van der Waals surface area (Å²) in [6.07, 6.45) is 0.229. The zero-order valence-corrected chi connectivity index (χ0v) is 19.4. The number of carbonyl (C=O) groups excluding carboxylic acids is 1. The van der Waals surface area contributed by atoms with E-state index in [0.29, 0.717) is 11.3 Å². The van der Waals surface area contributed by atoms with Gasteiger partial charge in [-0.25, -0.2) is 4.99 Å². The highest BCUT2D eigenvalue weighted by molar-refractivity contribution is 7.07. The van der Waals surface area contributed by atoms with Crippen molar-refractivity contribution in [3.8, 4) is 17.6 Å². The Labute approximate surface area is 201 Å². The number of anilines is 1. The highest BCUT2D eigenvalue weighted by Crippen LogP contribution is 2.23. The molecule has 0 radical (unpaired) electrons. The molecule has 1 aromatic heterocycles. The largest absolute Gasteiger partial charge is 0.457 e. The standard InChI is InChI=1S/C25H20N4O2S.ClH/c1-29-21(15-24(30)27-19-9-7-18(16-26)8-10-19)17-32-25(29)28-20-11-13-23(14-12-20)31-22-5-3-2-4-6-22;/h2-14,17H,15H2,1H3,(H,27,30);1H/b28-25-;. The van der Waals surface area contributed by atoms with E-state index in [9.17, 15) is 4.79 Å². The van der Waals surface area contributed by atoms with E-state index in [2.05, 4.69) is 16.4 Å². The average Bonchev–Trinajstić information content (AvgIpc) is 3.15. The van der Waals surface area contributed by atoms with Crippen molar-refractivity contribution >= 4 is 41.0 Å². The zero-order chi connectivity index (χ0) is 22.3. The number of ether oxygens (including phenoxy) is 1. The second-order valence-corrected chi connectivity index (χ2v) is 7.84. The lowest BCUT2D eigenvalue weighted by Crippen LogP contribution is -2.19. The maximum atomic E-state index is 12.4. The minimum atomic E-state index is -0.128. The molecule has 0 aliphatic carbocycles. The molecule has 4 aromatic rings. The average molecular weight is 477 g/mol. The molecule has 1 heterocycles. The molecule has 8 heteroatoms. The third-order valence-corrected chi connectivity index (χ3v) is 5.66. The van der Waals surface area contributed by atoms with E-state index in [-0.39, 0.29) is 24.7 Å². The number of thiazole rings is 1. The monoisotopic (exact) mass is 476 g/mol. The SMILES string of the molecule is Cl.Cn1c(CC(=O)Nc2ccc(C#N)cc2)cs/c1=N\c1ccc(Oc2ccccc2)cc1. The molecule has 0 unspecified atom stereocenters. The van der Waals surface area contributed by atoms with Gasteiger partial charge in [0.25, 0.3) is 0 Å². The molecule has 0 bridgehead atoms. The predicted molar refractivity (Wildman–Crippen MR) is 132 cm³/mol. The Balaban J connectivity index is 0.00000306. The van der Waals surface area contributed by atoms with Gasteiger partial charge < -0.3 is 14.6 Å². The predicted octanol–water partition coefficient (Wildman–Crippen LogP) is 5.59. The number of nitriles is 1. The number of halogens is 1. The van der Waals surface area contributed by atoms with E-state index in [4.69, 9.17) is 10.00 Å². The van der Waals surface area contributed by atoms with Gasteiger partial charge >= 0.3 is 0 Å². The van der Waals surface area contributed by atoms with E-state index in [0.717, 1.165) is 27.7 Å². The Bertz CT molecular complexity index is 1320. The molecule has 6 nitrogen and oxygen atoms in total. The Morgan fingerprint density at radius 2 is 1.70 bits per heavy atom. The summed E-state index contributed by atoms with van der Waals surface area (Å²) in [5.41, 5.74) is 2.88. The maximum Gasteiger partial charge on any atom is 0.230 e. The highest BCUT2D eigenvalue weighted by atomic mass is 35.5. The molecule has 0 saturated heterocycles. The van der Waals surface area contributed by atoms with Crippen LogP contribution in [0.1, 0.15) is 11.3 Å². The summed E-state index contributed by atoms with van der Waals surface area (Å²) >= 11 is 1.48. The van der Waals surface area contributed by atoms with Gasteiger partial charge in [-0.05, 0) is 60.7 Å². The number of nitrogens with one attached hydrogen (secondary N) is 1. The smallest absolute Gasteiger partial charge is 0.230 e. The summed E-state index contributed by atoms with van der Waals surface area (Å²) in [6.45, 7) is 0. The molecule has 3 aromatic carbocycles. The summed E-state index contributed by atoms with van der Waals surface area (Å²) in [6, 6.07) is 26.0. The van der Waals surface area contributed by atoms with Gasteiger partial charge in [0, 0.05) is 23.8 Å². The molecule has 0 spiro atoms. The lowest BCUT2D eigenvalue weighted by molar-refractivity contribution is -0.115. The summed E-state index contributed by atoms with van der Waals surface area (Å²) in [5, 5.41) is 13.7. The van der Waals surface area contributed by atoms with Crippen molar-refractivity contribution in [2.75, 3.05) is 5.32 Å². The first-order valence-electron chi connectivity index (χ1n) is 9.92. The highest BCUT2D eigenvalue weighted by Gasteiger charge is 2.09. The van der Waals surface area contributed by atoms with Gasteiger partial charge in [0.15, 0.2) is 4.80 Å². The molecular formula is C25H21ClN4O2S. The van der Waals surface area contributed by atoms with Gasteiger partial charge in [0.1, 0.15) is 11.5 Å². The van der Waals surface area contributed by atoms with Crippen LogP contribution in [0.15, 0.2) is 89.2 Å². The van der Waals surface area contributed by atoms with Gasteiger partial charge in [-0.1, -0.05) is 18.2 Å². The topological polar surface area (TPSA) is 79.4 Å². The Morgan fingerprint density at radius 3 is 2.36 bits per heavy atom. The number of para-hydroxylation sites is 1. The second kappa shape index (κ2) is 11.1. The van der Waals surface area contributed by atoms with Crippen LogP contribution in [0.3, 0.4) is 0 Å². The van der Waals surface area contributed by atoms with Crippen molar-refractivity contribution in [1.82, 2.24) is 4.57 Å². The van der Waals surface area contributed by atoms with Gasteiger partial charge in [0.2, 0.25) is 5.91 Å². The lowest BCUT2D eigenvalue weighted by atomic mass is 10.2. The van der Waals surface area contributed by atoms with Crippen LogP contribution in [0.5, 0.6) is 11.5 Å². The summed E-state index contributed by atoms with van der Waals surface area (Å²) in [4.78, 5) is 17.9. The third kappa shape index (κ3) is 6.32. The van der Waals surface area contributed by atoms with E-state index in [1.807, 2.05) is 71.6 Å². The summed E-state index contributed by atoms with van der Waals surface area (Å²) in [7, 11) is 1.90. The molecule has 0 aliphatic rings. The van der Waals surface area contributed by atoms with Crippen LogP contribution in [0, 0.1) is 11.3 Å². The van der Waals surface area contributed by atoms with E-state index < -0.39 is 0 Å². The Kier molecular flexibility index (Phi) is 8.03. The van der Waals surface area contributed by atoms with E-state index in [1.54, 1.807) is 24.3 Å². The molecule has 0 fully saturated rings. The fourth-order valence-corrected chi connectivity index (χ4v) is 3.90. The molecule has 0 saturated carbocycles. The number of carbonyl (C=O) groups is 1. The van der Waals surface area contributed by atoms with Crippen LogP contribution in [-0.2, 0) is 18.3 Å². The number of nitrogens with zero attached hydrogens (tertiary/aromatic N) is 3. The normalized spacial score (nSPS) is 10.7. The first-order valence-corrected chi connectivity index (χ1v) is 10.8. The van der Waals surface area contributed by atoms with E-state index >= 15 is 0 Å². The number of hydrogen-bond donors (Lipinski definition) is 1. The van der Waals surface area contributed by atoms with Gasteiger partial charge in [-0.3, -0.25) is 4.79 Å². The van der Waals surface area contributed by atoms with Gasteiger partial charge in [-0.15, -0.1) is 23.7 Å². The molecule has 0 atom stereocenters. The molecule has 1 N–H and O–H groups in total. The van der Waals surface area contributed by atoms with Gasteiger partial charge in [-0.2, -0.15) is 5.26 Å². The fraction of sp³-hybridized carbons (Fsp3) is 0.0800. The van der Waals surface area contributed by atoms with E-state index in [1.165, 1.54) is 11.3 Å². The maximum absolute atomic E-state index is 12.4. The van der Waals surface area contributed by atoms with Crippen molar-refractivity contribution in [1.29, 1.82) is 5.26 Å². The summed E-state index contributed by atoms with van der Waals surface area (Å²) in [5.74, 6) is 1.40. The Morgan fingerprint density at radius 1 is 1.03 bits per heavy atom. The van der Waals surface area contributed by atoms with Crippen molar-refractivity contribution in [2.45, 2.75) is 6.42 Å². The quantitative estimate of drug-likeness (QED) is 0.394. The minimum Gasteiger partial charge on any atom is -0.457 e. The number of aromatic nitrogens is 1. The lowest BCUT2D eigenvalue weighted by Gasteiger charge is -2.06. The van der Waals surface area contributed by atoms with Crippen LogP contribution in [-0.4, -0.2) is 10.5 Å². The van der Waals surface area contributed by atoms with Crippen LogP contribution in [0.25, 0.3) is 0 Å². The zero-order valence-electron chi connectivity index (χ0n) is 17.8. The third-order valence-electron chi connectivity index (χ3n) is 4.70. The molecule has 1 amide bonds. The first kappa shape index (κ1) is 23.8. The van der Waals surface area contributed by atoms with Crippen LogP contribution < -0.4 is 14.9 Å². The van der Waals surface area contributed by atoms with Gasteiger partial charge in [0.05, 0.1) is 23.7 Å². The second-order valence-electron chi connectivity index (χ2n) is 7.00.